The molecule has 1 aromatic rings. The van der Waals surface area contributed by atoms with Crippen molar-refractivity contribution in [1.29, 1.82) is 0 Å². The van der Waals surface area contributed by atoms with Gasteiger partial charge in [0.05, 0.1) is 20.1 Å². The van der Waals surface area contributed by atoms with Gasteiger partial charge in [-0.2, -0.15) is 0 Å². The van der Waals surface area contributed by atoms with Crippen molar-refractivity contribution >= 4 is 12.0 Å². The highest BCUT2D eigenvalue weighted by atomic mass is 16.5. The van der Waals surface area contributed by atoms with E-state index in [1.165, 1.54) is 0 Å². The van der Waals surface area contributed by atoms with E-state index in [1.807, 2.05) is 25.1 Å². The topological polar surface area (TPSA) is 88.1 Å². The van der Waals surface area contributed by atoms with E-state index in [2.05, 4.69) is 5.32 Å². The molecular weight excluding hydrogens is 336 g/mol. The zero-order valence-electron chi connectivity index (χ0n) is 15.7. The first-order valence-corrected chi connectivity index (χ1v) is 8.97. The van der Waals surface area contributed by atoms with Crippen molar-refractivity contribution in [1.82, 2.24) is 10.2 Å². The molecule has 7 nitrogen and oxygen atoms in total. The first kappa shape index (κ1) is 19.9. The molecule has 1 saturated carbocycles. The molecular formula is C19H28N2O5. The van der Waals surface area contributed by atoms with E-state index in [4.69, 9.17) is 14.6 Å². The number of urea groups is 1. The quantitative estimate of drug-likeness (QED) is 0.777. The average Bonchev–Trinajstić information content (AvgIpc) is 2.66. The number of hydrogen-bond acceptors (Lipinski definition) is 4. The van der Waals surface area contributed by atoms with E-state index in [0.717, 1.165) is 5.56 Å². The minimum Gasteiger partial charge on any atom is -0.493 e. The molecule has 0 saturated heterocycles. The van der Waals surface area contributed by atoms with E-state index in [-0.39, 0.29) is 18.0 Å². The zero-order valence-corrected chi connectivity index (χ0v) is 15.7. The molecule has 0 radical (unpaired) electrons. The molecule has 144 valence electrons. The molecule has 1 aliphatic rings. The van der Waals surface area contributed by atoms with E-state index in [0.29, 0.717) is 50.3 Å². The summed E-state index contributed by atoms with van der Waals surface area (Å²) in [4.78, 5) is 25.3. The summed E-state index contributed by atoms with van der Waals surface area (Å²) in [5.41, 5.74) is 0.953. The fraction of sp³-hybridized carbons (Fsp3) is 0.579. The van der Waals surface area contributed by atoms with Gasteiger partial charge >= 0.3 is 12.0 Å². The molecule has 1 aromatic carbocycles. The summed E-state index contributed by atoms with van der Waals surface area (Å²) in [5, 5.41) is 12.1. The molecule has 0 bridgehead atoms. The van der Waals surface area contributed by atoms with Crippen molar-refractivity contribution in [3.63, 3.8) is 0 Å². The fourth-order valence-corrected chi connectivity index (χ4v) is 3.28. The molecule has 0 atom stereocenters. The number of ether oxygens (including phenoxy) is 2. The van der Waals surface area contributed by atoms with Gasteiger partial charge in [-0.15, -0.1) is 0 Å². The van der Waals surface area contributed by atoms with Crippen molar-refractivity contribution in [3.05, 3.63) is 23.8 Å². The predicted molar refractivity (Wildman–Crippen MR) is 97.5 cm³/mol. The number of rotatable bonds is 7. The van der Waals surface area contributed by atoms with Crippen LogP contribution < -0.4 is 14.8 Å². The van der Waals surface area contributed by atoms with E-state index in [9.17, 15) is 9.59 Å². The zero-order chi connectivity index (χ0) is 19.1. The molecule has 2 amide bonds. The largest absolute Gasteiger partial charge is 0.493 e. The highest BCUT2D eigenvalue weighted by molar-refractivity contribution is 5.74. The normalized spacial score (nSPS) is 19.5. The fourth-order valence-electron chi connectivity index (χ4n) is 3.28. The Morgan fingerprint density at radius 3 is 2.35 bits per heavy atom. The number of aliphatic carboxylic acids is 1. The monoisotopic (exact) mass is 364 g/mol. The summed E-state index contributed by atoms with van der Waals surface area (Å²) in [6, 6.07) is 5.52. The van der Waals surface area contributed by atoms with Crippen LogP contribution in [0.2, 0.25) is 0 Å². The third kappa shape index (κ3) is 5.03. The van der Waals surface area contributed by atoms with E-state index in [1.54, 1.807) is 19.1 Å². The Labute approximate surface area is 154 Å². The highest BCUT2D eigenvalue weighted by Crippen LogP contribution is 2.28. The SMILES string of the molecule is CCN(Cc1ccc(OC)c(OC)c1)C(=O)NC1CCC(C(=O)O)CC1. The van der Waals surface area contributed by atoms with Crippen LogP contribution in [0.1, 0.15) is 38.2 Å². The van der Waals surface area contributed by atoms with Gasteiger partial charge in [0.2, 0.25) is 0 Å². The highest BCUT2D eigenvalue weighted by Gasteiger charge is 2.27. The molecule has 0 unspecified atom stereocenters. The first-order chi connectivity index (χ1) is 12.5. The molecule has 1 aliphatic carbocycles. The van der Waals surface area contributed by atoms with E-state index >= 15 is 0 Å². The second-order valence-corrected chi connectivity index (χ2v) is 6.54. The lowest BCUT2D eigenvalue weighted by molar-refractivity contribution is -0.142. The van der Waals surface area contributed by atoms with Gasteiger partial charge in [0, 0.05) is 19.1 Å². The van der Waals surface area contributed by atoms with Crippen LogP contribution in [-0.4, -0.2) is 48.8 Å². The number of hydrogen-bond donors (Lipinski definition) is 2. The maximum Gasteiger partial charge on any atom is 0.317 e. The third-order valence-electron chi connectivity index (χ3n) is 4.89. The number of methoxy groups -OCH3 is 2. The summed E-state index contributed by atoms with van der Waals surface area (Å²) in [5.74, 6) is 0.267. The third-order valence-corrected chi connectivity index (χ3v) is 4.89. The maximum absolute atomic E-state index is 12.6. The Morgan fingerprint density at radius 2 is 1.81 bits per heavy atom. The smallest absolute Gasteiger partial charge is 0.317 e. The van der Waals surface area contributed by atoms with Gasteiger partial charge in [-0.3, -0.25) is 4.79 Å². The van der Waals surface area contributed by atoms with Crippen LogP contribution in [0, 0.1) is 5.92 Å². The lowest BCUT2D eigenvalue weighted by Gasteiger charge is -2.30. The van der Waals surface area contributed by atoms with Crippen LogP contribution in [0.25, 0.3) is 0 Å². The number of carbonyl (C=O) groups excluding carboxylic acids is 1. The number of benzene rings is 1. The Hall–Kier alpha value is -2.44. The van der Waals surface area contributed by atoms with Crippen molar-refractivity contribution in [2.24, 2.45) is 5.92 Å². The Bertz CT molecular complexity index is 626. The summed E-state index contributed by atoms with van der Waals surface area (Å²) in [6.45, 7) is 2.97. The molecule has 1 fully saturated rings. The molecule has 0 heterocycles. The first-order valence-electron chi connectivity index (χ1n) is 8.97. The number of nitrogens with zero attached hydrogens (tertiary/aromatic N) is 1. The molecule has 0 aliphatic heterocycles. The van der Waals surface area contributed by atoms with Gasteiger partial charge in [-0.25, -0.2) is 4.79 Å². The maximum atomic E-state index is 12.6. The number of amides is 2. The van der Waals surface area contributed by atoms with Crippen LogP contribution in [-0.2, 0) is 11.3 Å². The van der Waals surface area contributed by atoms with Crippen molar-refractivity contribution in [2.75, 3.05) is 20.8 Å². The molecule has 2 rings (SSSR count). The molecule has 2 N–H and O–H groups in total. The second-order valence-electron chi connectivity index (χ2n) is 6.54. The van der Waals surface area contributed by atoms with E-state index < -0.39 is 5.97 Å². The van der Waals surface area contributed by atoms with Crippen molar-refractivity contribution in [2.45, 2.75) is 45.2 Å². The number of carboxylic acids is 1. The summed E-state index contributed by atoms with van der Waals surface area (Å²) in [6.07, 6.45) is 2.64. The number of nitrogens with one attached hydrogen (secondary N) is 1. The molecule has 0 aromatic heterocycles. The van der Waals surface area contributed by atoms with Crippen LogP contribution in [0.5, 0.6) is 11.5 Å². The Balaban J connectivity index is 1.94. The average molecular weight is 364 g/mol. The molecule has 0 spiro atoms. The predicted octanol–water partition coefficient (Wildman–Crippen LogP) is 2.88. The molecule has 7 heteroatoms. The van der Waals surface area contributed by atoms with Crippen molar-refractivity contribution in [3.8, 4) is 11.5 Å². The lowest BCUT2D eigenvalue weighted by Crippen LogP contribution is -2.46. The number of carbonyl (C=O) groups is 2. The molecule has 26 heavy (non-hydrogen) atoms. The summed E-state index contributed by atoms with van der Waals surface area (Å²) < 4.78 is 10.5. The van der Waals surface area contributed by atoms with Gasteiger partial charge in [-0.1, -0.05) is 6.07 Å². The van der Waals surface area contributed by atoms with Crippen molar-refractivity contribution < 1.29 is 24.2 Å². The summed E-state index contributed by atoms with van der Waals surface area (Å²) >= 11 is 0. The van der Waals surface area contributed by atoms with Gasteiger partial charge < -0.3 is 24.8 Å². The van der Waals surface area contributed by atoms with Crippen LogP contribution >= 0.6 is 0 Å². The van der Waals surface area contributed by atoms with Crippen LogP contribution in [0.15, 0.2) is 18.2 Å². The minimum absolute atomic E-state index is 0.0394. The van der Waals surface area contributed by atoms with Gasteiger partial charge in [0.15, 0.2) is 11.5 Å². The Morgan fingerprint density at radius 1 is 1.15 bits per heavy atom. The lowest BCUT2D eigenvalue weighted by atomic mass is 9.86. The van der Waals surface area contributed by atoms with Gasteiger partial charge in [-0.05, 0) is 50.3 Å². The van der Waals surface area contributed by atoms with Gasteiger partial charge in [0.1, 0.15) is 0 Å². The Kier molecular flexibility index (Phi) is 7.12. The van der Waals surface area contributed by atoms with Crippen LogP contribution in [0.3, 0.4) is 0 Å². The van der Waals surface area contributed by atoms with Crippen LogP contribution in [0.4, 0.5) is 4.79 Å². The second kappa shape index (κ2) is 9.31. The minimum atomic E-state index is -0.738. The van der Waals surface area contributed by atoms with Gasteiger partial charge in [0.25, 0.3) is 0 Å². The standard InChI is InChI=1S/C19H28N2O5/c1-4-21(12-13-5-10-16(25-2)17(11-13)26-3)19(24)20-15-8-6-14(7-9-15)18(22)23/h5,10-11,14-15H,4,6-9,12H2,1-3H3,(H,20,24)(H,22,23). The number of carboxylic acid groups (broad SMARTS) is 1. The summed E-state index contributed by atoms with van der Waals surface area (Å²) in [7, 11) is 3.17.